The van der Waals surface area contributed by atoms with Crippen molar-refractivity contribution in [2.24, 2.45) is 5.41 Å². The van der Waals surface area contributed by atoms with Crippen molar-refractivity contribution in [2.75, 3.05) is 12.0 Å². The SMILES string of the molecule is CC(CS(C)(=O)=O)NC(=O)C1(C#N)CCCCCC1. The van der Waals surface area contributed by atoms with E-state index in [0.29, 0.717) is 12.8 Å². The average Bonchev–Trinajstić information content (AvgIpc) is 2.52. The number of rotatable bonds is 4. The Morgan fingerprint density at radius 3 is 2.26 bits per heavy atom. The van der Waals surface area contributed by atoms with Crippen LogP contribution in [-0.4, -0.2) is 32.4 Å². The van der Waals surface area contributed by atoms with Gasteiger partial charge in [0.1, 0.15) is 15.3 Å². The van der Waals surface area contributed by atoms with Crippen molar-refractivity contribution in [2.45, 2.75) is 51.5 Å². The second-order valence-electron chi connectivity index (χ2n) is 5.58. The molecule has 1 unspecified atom stereocenters. The molecule has 1 aliphatic rings. The molecule has 0 aliphatic heterocycles. The second kappa shape index (κ2) is 6.38. The first-order valence-electron chi connectivity index (χ1n) is 6.69. The van der Waals surface area contributed by atoms with E-state index < -0.39 is 21.3 Å². The third-order valence-electron chi connectivity index (χ3n) is 3.54. The normalized spacial score (nSPS) is 20.9. The van der Waals surface area contributed by atoms with Crippen LogP contribution in [0, 0.1) is 16.7 Å². The molecule has 0 bridgehead atoms. The van der Waals surface area contributed by atoms with Gasteiger partial charge in [-0.05, 0) is 19.8 Å². The number of nitriles is 1. The van der Waals surface area contributed by atoms with Gasteiger partial charge < -0.3 is 5.32 Å². The van der Waals surface area contributed by atoms with Gasteiger partial charge in [-0.1, -0.05) is 25.7 Å². The molecular formula is C13H22N2O3S. The van der Waals surface area contributed by atoms with Crippen molar-refractivity contribution < 1.29 is 13.2 Å². The predicted molar refractivity (Wildman–Crippen MR) is 73.1 cm³/mol. The quantitative estimate of drug-likeness (QED) is 0.791. The monoisotopic (exact) mass is 286 g/mol. The third kappa shape index (κ3) is 4.83. The number of hydrogen-bond acceptors (Lipinski definition) is 4. The van der Waals surface area contributed by atoms with E-state index in [1.54, 1.807) is 6.92 Å². The Kier molecular flexibility index (Phi) is 5.36. The summed E-state index contributed by atoms with van der Waals surface area (Å²) in [6.07, 6.45) is 6.14. The molecule has 19 heavy (non-hydrogen) atoms. The zero-order valence-electron chi connectivity index (χ0n) is 11.6. The van der Waals surface area contributed by atoms with E-state index in [1.807, 2.05) is 0 Å². The smallest absolute Gasteiger partial charge is 0.240 e. The lowest BCUT2D eigenvalue weighted by atomic mass is 9.81. The number of hydrogen-bond donors (Lipinski definition) is 1. The largest absolute Gasteiger partial charge is 0.351 e. The first kappa shape index (κ1) is 16.0. The molecular weight excluding hydrogens is 264 g/mol. The fourth-order valence-corrected chi connectivity index (χ4v) is 3.57. The minimum atomic E-state index is -3.13. The standard InChI is InChI=1S/C13H22N2O3S/c1-11(9-19(2,17)18)15-12(16)13(10-14)7-5-3-4-6-8-13/h11H,3-9H2,1-2H3,(H,15,16). The maximum atomic E-state index is 12.3. The van der Waals surface area contributed by atoms with Gasteiger partial charge in [-0.25, -0.2) is 8.42 Å². The Morgan fingerprint density at radius 1 is 1.32 bits per heavy atom. The third-order valence-corrected chi connectivity index (χ3v) is 4.64. The number of amides is 1. The molecule has 1 aliphatic carbocycles. The number of nitrogens with one attached hydrogen (secondary N) is 1. The molecule has 1 atom stereocenters. The molecule has 1 rings (SSSR count). The van der Waals surface area contributed by atoms with Crippen LogP contribution in [0.25, 0.3) is 0 Å². The molecule has 1 fully saturated rings. The van der Waals surface area contributed by atoms with E-state index >= 15 is 0 Å². The van der Waals surface area contributed by atoms with Crippen LogP contribution in [0.1, 0.15) is 45.4 Å². The van der Waals surface area contributed by atoms with E-state index in [1.165, 1.54) is 0 Å². The van der Waals surface area contributed by atoms with Crippen LogP contribution in [0.4, 0.5) is 0 Å². The molecule has 5 nitrogen and oxygen atoms in total. The van der Waals surface area contributed by atoms with Crippen molar-refractivity contribution in [1.29, 1.82) is 5.26 Å². The van der Waals surface area contributed by atoms with Crippen LogP contribution in [-0.2, 0) is 14.6 Å². The Bertz CT molecular complexity index is 457. The summed E-state index contributed by atoms with van der Waals surface area (Å²) >= 11 is 0. The first-order valence-corrected chi connectivity index (χ1v) is 8.75. The van der Waals surface area contributed by atoms with Gasteiger partial charge in [0.15, 0.2) is 0 Å². The van der Waals surface area contributed by atoms with Gasteiger partial charge in [0, 0.05) is 12.3 Å². The van der Waals surface area contributed by atoms with Gasteiger partial charge in [0.05, 0.1) is 11.8 Å². The predicted octanol–water partition coefficient (Wildman–Crippen LogP) is 1.40. The molecule has 0 spiro atoms. The lowest BCUT2D eigenvalue weighted by Crippen LogP contribution is -2.46. The Labute approximate surface area is 115 Å². The lowest BCUT2D eigenvalue weighted by Gasteiger charge is -2.25. The van der Waals surface area contributed by atoms with Gasteiger partial charge in [0.25, 0.3) is 0 Å². The van der Waals surface area contributed by atoms with Crippen LogP contribution in [0.5, 0.6) is 0 Å². The highest BCUT2D eigenvalue weighted by Gasteiger charge is 2.39. The zero-order valence-corrected chi connectivity index (χ0v) is 12.4. The summed E-state index contributed by atoms with van der Waals surface area (Å²) in [5.74, 6) is -0.409. The Balaban J connectivity index is 2.71. The maximum Gasteiger partial charge on any atom is 0.240 e. The van der Waals surface area contributed by atoms with Crippen molar-refractivity contribution in [3.8, 4) is 6.07 Å². The number of carbonyl (C=O) groups excluding carboxylic acids is 1. The molecule has 0 radical (unpaired) electrons. The van der Waals surface area contributed by atoms with Gasteiger partial charge in [-0.15, -0.1) is 0 Å². The summed E-state index contributed by atoms with van der Waals surface area (Å²) < 4.78 is 22.4. The average molecular weight is 286 g/mol. The van der Waals surface area contributed by atoms with Crippen LogP contribution in [0.15, 0.2) is 0 Å². The molecule has 0 aromatic heterocycles. The minimum Gasteiger partial charge on any atom is -0.351 e. The van der Waals surface area contributed by atoms with Gasteiger partial charge in [0.2, 0.25) is 5.91 Å². The van der Waals surface area contributed by atoms with Crippen LogP contribution < -0.4 is 5.32 Å². The summed E-state index contributed by atoms with van der Waals surface area (Å²) in [6.45, 7) is 1.65. The van der Waals surface area contributed by atoms with E-state index in [-0.39, 0.29) is 11.7 Å². The van der Waals surface area contributed by atoms with Gasteiger partial charge in [-0.3, -0.25) is 4.79 Å². The van der Waals surface area contributed by atoms with E-state index in [0.717, 1.165) is 31.9 Å². The van der Waals surface area contributed by atoms with Crippen LogP contribution >= 0.6 is 0 Å². The molecule has 0 heterocycles. The Morgan fingerprint density at radius 2 is 1.84 bits per heavy atom. The summed E-state index contributed by atoms with van der Waals surface area (Å²) in [7, 11) is -3.13. The van der Waals surface area contributed by atoms with E-state index in [4.69, 9.17) is 0 Å². The molecule has 1 N–H and O–H groups in total. The molecule has 0 aromatic carbocycles. The topological polar surface area (TPSA) is 87.0 Å². The van der Waals surface area contributed by atoms with Crippen molar-refractivity contribution >= 4 is 15.7 Å². The number of sulfone groups is 1. The zero-order chi connectivity index (χ0) is 14.5. The number of carbonyl (C=O) groups is 1. The summed E-state index contributed by atoms with van der Waals surface area (Å²) in [6, 6.07) is 1.70. The minimum absolute atomic E-state index is 0.0970. The lowest BCUT2D eigenvalue weighted by molar-refractivity contribution is -0.129. The number of nitrogens with zero attached hydrogens (tertiary/aromatic N) is 1. The fourth-order valence-electron chi connectivity index (χ4n) is 2.58. The fraction of sp³-hybridized carbons (Fsp3) is 0.846. The molecule has 108 valence electrons. The highest BCUT2D eigenvalue weighted by Crippen LogP contribution is 2.34. The molecule has 1 amide bonds. The second-order valence-corrected chi connectivity index (χ2v) is 7.76. The molecule has 0 saturated heterocycles. The Hall–Kier alpha value is -1.09. The highest BCUT2D eigenvalue weighted by atomic mass is 32.2. The van der Waals surface area contributed by atoms with Gasteiger partial charge >= 0.3 is 0 Å². The van der Waals surface area contributed by atoms with Crippen LogP contribution in [0.2, 0.25) is 0 Å². The molecule has 0 aromatic rings. The van der Waals surface area contributed by atoms with E-state index in [9.17, 15) is 18.5 Å². The molecule has 6 heteroatoms. The maximum absolute atomic E-state index is 12.3. The van der Waals surface area contributed by atoms with Gasteiger partial charge in [-0.2, -0.15) is 5.26 Å². The van der Waals surface area contributed by atoms with Crippen LogP contribution in [0.3, 0.4) is 0 Å². The van der Waals surface area contributed by atoms with E-state index in [2.05, 4.69) is 11.4 Å². The highest BCUT2D eigenvalue weighted by molar-refractivity contribution is 7.90. The van der Waals surface area contributed by atoms with Crippen molar-refractivity contribution in [1.82, 2.24) is 5.32 Å². The summed E-state index contributed by atoms with van der Waals surface area (Å²) in [5.41, 5.74) is -0.970. The van der Waals surface area contributed by atoms with Crippen molar-refractivity contribution in [3.05, 3.63) is 0 Å². The summed E-state index contributed by atoms with van der Waals surface area (Å²) in [4.78, 5) is 12.3. The summed E-state index contributed by atoms with van der Waals surface area (Å²) in [5, 5.41) is 12.0. The first-order chi connectivity index (χ1) is 8.79. The molecule has 1 saturated carbocycles. The van der Waals surface area contributed by atoms with Crippen molar-refractivity contribution in [3.63, 3.8) is 0 Å².